The van der Waals surface area contributed by atoms with Crippen LogP contribution in [-0.2, 0) is 0 Å². The molecule has 1 N–H and O–H groups in total. The van der Waals surface area contributed by atoms with Crippen LogP contribution in [-0.4, -0.2) is 39.2 Å². The zero-order valence-corrected chi connectivity index (χ0v) is 10.4. The number of likely N-dealkylation sites (tertiary alicyclic amines) is 1. The van der Waals surface area contributed by atoms with Crippen LogP contribution in [0.5, 0.6) is 0 Å². The molecule has 0 unspecified atom stereocenters. The Morgan fingerprint density at radius 2 is 2.18 bits per heavy atom. The fourth-order valence-electron chi connectivity index (χ4n) is 2.35. The Labute approximate surface area is 105 Å². The average molecular weight is 255 g/mol. The molecule has 2 aliphatic rings. The largest absolute Gasteiger partial charge is 0.386 e. The van der Waals surface area contributed by atoms with Crippen molar-refractivity contribution in [1.29, 1.82) is 0 Å². The molecular formula is C12H15ClN2O2. The molecule has 0 aromatic carbocycles. The van der Waals surface area contributed by atoms with Gasteiger partial charge in [-0.3, -0.25) is 4.79 Å². The van der Waals surface area contributed by atoms with E-state index in [1.807, 2.05) is 10.8 Å². The molecule has 1 amide bonds. The molecule has 4 nitrogen and oxygen atoms in total. The quantitative estimate of drug-likeness (QED) is 0.873. The lowest BCUT2D eigenvalue weighted by molar-refractivity contribution is -0.0672. The van der Waals surface area contributed by atoms with Crippen molar-refractivity contribution < 1.29 is 9.90 Å². The van der Waals surface area contributed by atoms with E-state index in [2.05, 4.69) is 0 Å². The minimum absolute atomic E-state index is 0.0321. The fourth-order valence-corrected chi connectivity index (χ4v) is 2.56. The highest BCUT2D eigenvalue weighted by Gasteiger charge is 2.41. The van der Waals surface area contributed by atoms with E-state index in [0.29, 0.717) is 29.8 Å². The Morgan fingerprint density at radius 3 is 2.71 bits per heavy atom. The van der Waals surface area contributed by atoms with E-state index < -0.39 is 5.60 Å². The molecule has 17 heavy (non-hydrogen) atoms. The van der Waals surface area contributed by atoms with Crippen molar-refractivity contribution in [1.82, 2.24) is 9.47 Å². The Balaban J connectivity index is 1.82. The van der Waals surface area contributed by atoms with Crippen LogP contribution in [0.25, 0.3) is 0 Å². The molecule has 1 saturated heterocycles. The van der Waals surface area contributed by atoms with Crippen molar-refractivity contribution in [3.05, 3.63) is 23.0 Å². The summed E-state index contributed by atoms with van der Waals surface area (Å²) >= 11 is 5.96. The van der Waals surface area contributed by atoms with E-state index >= 15 is 0 Å². The third kappa shape index (κ3) is 1.96. The minimum atomic E-state index is -0.726. The van der Waals surface area contributed by atoms with Gasteiger partial charge in [0, 0.05) is 12.2 Å². The maximum Gasteiger partial charge on any atom is 0.270 e. The predicted octanol–water partition coefficient (Wildman–Crippen LogP) is 1.68. The van der Waals surface area contributed by atoms with Crippen molar-refractivity contribution in [2.75, 3.05) is 13.1 Å². The second-order valence-corrected chi connectivity index (χ2v) is 5.78. The summed E-state index contributed by atoms with van der Waals surface area (Å²) in [6.45, 7) is 2.54. The first-order valence-electron chi connectivity index (χ1n) is 5.85. The highest BCUT2D eigenvalue weighted by atomic mass is 35.5. The summed E-state index contributed by atoms with van der Waals surface area (Å²) in [7, 11) is 0. The van der Waals surface area contributed by atoms with Gasteiger partial charge in [-0.05, 0) is 25.8 Å². The summed E-state index contributed by atoms with van der Waals surface area (Å²) < 4.78 is 1.97. The molecule has 0 bridgehead atoms. The van der Waals surface area contributed by atoms with Gasteiger partial charge in [-0.1, -0.05) is 11.6 Å². The first-order chi connectivity index (χ1) is 7.96. The maximum absolute atomic E-state index is 12.2. The molecule has 0 radical (unpaired) electrons. The van der Waals surface area contributed by atoms with Crippen molar-refractivity contribution in [2.45, 2.75) is 31.4 Å². The van der Waals surface area contributed by atoms with E-state index in [9.17, 15) is 9.90 Å². The zero-order chi connectivity index (χ0) is 12.2. The highest BCUT2D eigenvalue weighted by Crippen LogP contribution is 2.38. The second kappa shape index (κ2) is 3.50. The van der Waals surface area contributed by atoms with Crippen molar-refractivity contribution in [3.63, 3.8) is 0 Å². The monoisotopic (exact) mass is 254 g/mol. The highest BCUT2D eigenvalue weighted by molar-refractivity contribution is 6.31. The molecular weight excluding hydrogens is 240 g/mol. The van der Waals surface area contributed by atoms with Gasteiger partial charge in [-0.25, -0.2) is 0 Å². The lowest BCUT2D eigenvalue weighted by atomic mass is 9.96. The van der Waals surface area contributed by atoms with E-state index in [4.69, 9.17) is 11.6 Å². The third-order valence-corrected chi connectivity index (χ3v) is 3.53. The van der Waals surface area contributed by atoms with Gasteiger partial charge in [0.25, 0.3) is 5.91 Å². The Hall–Kier alpha value is -1.00. The molecule has 3 rings (SSSR count). The molecule has 1 aliphatic carbocycles. The van der Waals surface area contributed by atoms with Gasteiger partial charge in [0.15, 0.2) is 0 Å². The van der Waals surface area contributed by atoms with Gasteiger partial charge in [-0.2, -0.15) is 0 Å². The molecule has 1 aromatic heterocycles. The number of hydrogen-bond acceptors (Lipinski definition) is 2. The van der Waals surface area contributed by atoms with Crippen LogP contribution in [0.1, 0.15) is 36.3 Å². The predicted molar refractivity (Wildman–Crippen MR) is 64.2 cm³/mol. The summed E-state index contributed by atoms with van der Waals surface area (Å²) in [6, 6.07) is 2.15. The van der Waals surface area contributed by atoms with Crippen molar-refractivity contribution >= 4 is 17.5 Å². The number of carbonyl (C=O) groups excluding carboxylic acids is 1. The lowest BCUT2D eigenvalue weighted by Crippen LogP contribution is -2.61. The number of aliphatic hydroxyl groups is 1. The van der Waals surface area contributed by atoms with E-state index in [1.165, 1.54) is 0 Å². The van der Waals surface area contributed by atoms with Crippen LogP contribution < -0.4 is 0 Å². The Kier molecular flexibility index (Phi) is 2.28. The number of carbonyl (C=O) groups is 1. The van der Waals surface area contributed by atoms with Gasteiger partial charge in [0.05, 0.1) is 23.7 Å². The van der Waals surface area contributed by atoms with Crippen LogP contribution in [0.15, 0.2) is 12.3 Å². The number of rotatable bonds is 2. The number of halogens is 1. The Morgan fingerprint density at radius 1 is 1.53 bits per heavy atom. The standard InChI is InChI=1S/C12H15ClN2O2/c1-12(17)6-14(7-12)11(16)10-4-8(13)5-15(10)9-2-3-9/h4-5,9,17H,2-3,6-7H2,1H3. The molecule has 0 spiro atoms. The van der Waals surface area contributed by atoms with Gasteiger partial charge in [-0.15, -0.1) is 0 Å². The molecule has 1 aliphatic heterocycles. The summed E-state index contributed by atoms with van der Waals surface area (Å²) in [5.41, 5.74) is -0.0794. The topological polar surface area (TPSA) is 45.5 Å². The maximum atomic E-state index is 12.2. The first kappa shape index (κ1) is 11.1. The average Bonchev–Trinajstić information content (AvgIpc) is 2.97. The molecule has 1 saturated carbocycles. The number of nitrogens with zero attached hydrogens (tertiary/aromatic N) is 2. The first-order valence-corrected chi connectivity index (χ1v) is 6.23. The summed E-state index contributed by atoms with van der Waals surface area (Å²) in [6.07, 6.45) is 4.05. The summed E-state index contributed by atoms with van der Waals surface area (Å²) in [5.74, 6) is -0.0321. The van der Waals surface area contributed by atoms with Crippen LogP contribution >= 0.6 is 11.6 Å². The number of amides is 1. The molecule has 0 atom stereocenters. The molecule has 5 heteroatoms. The van der Waals surface area contributed by atoms with Crippen LogP contribution in [0, 0.1) is 0 Å². The van der Waals surface area contributed by atoms with Crippen LogP contribution in [0.2, 0.25) is 5.02 Å². The normalized spacial score (nSPS) is 22.4. The molecule has 2 heterocycles. The van der Waals surface area contributed by atoms with Gasteiger partial charge in [0.2, 0.25) is 0 Å². The smallest absolute Gasteiger partial charge is 0.270 e. The van der Waals surface area contributed by atoms with Gasteiger partial charge >= 0.3 is 0 Å². The number of β-amino-alcohol motifs (C(OH)–C–C–N with tert-alkyl or cyclic N) is 1. The van der Waals surface area contributed by atoms with Gasteiger partial charge < -0.3 is 14.6 Å². The number of aromatic nitrogens is 1. The van der Waals surface area contributed by atoms with Crippen LogP contribution in [0.3, 0.4) is 0 Å². The van der Waals surface area contributed by atoms with E-state index in [-0.39, 0.29) is 5.91 Å². The molecule has 92 valence electrons. The van der Waals surface area contributed by atoms with Crippen molar-refractivity contribution in [3.8, 4) is 0 Å². The SMILES string of the molecule is CC1(O)CN(C(=O)c2cc(Cl)cn2C2CC2)C1. The second-order valence-electron chi connectivity index (χ2n) is 5.34. The van der Waals surface area contributed by atoms with Gasteiger partial charge in [0.1, 0.15) is 5.69 Å². The lowest BCUT2D eigenvalue weighted by Gasteiger charge is -2.44. The minimum Gasteiger partial charge on any atom is -0.386 e. The van der Waals surface area contributed by atoms with E-state index in [0.717, 1.165) is 12.8 Å². The van der Waals surface area contributed by atoms with E-state index in [1.54, 1.807) is 17.9 Å². The third-order valence-electron chi connectivity index (χ3n) is 3.32. The number of hydrogen-bond donors (Lipinski definition) is 1. The fraction of sp³-hybridized carbons (Fsp3) is 0.583. The van der Waals surface area contributed by atoms with Crippen LogP contribution in [0.4, 0.5) is 0 Å². The molecule has 2 fully saturated rings. The van der Waals surface area contributed by atoms with Crippen molar-refractivity contribution in [2.24, 2.45) is 0 Å². The zero-order valence-electron chi connectivity index (χ0n) is 9.69. The summed E-state index contributed by atoms with van der Waals surface area (Å²) in [5, 5.41) is 10.3. The summed E-state index contributed by atoms with van der Waals surface area (Å²) in [4.78, 5) is 13.9. The molecule has 1 aromatic rings. The Bertz CT molecular complexity index is 469.